The number of hydrogen-bond donors (Lipinski definition) is 2. The van der Waals surface area contributed by atoms with Gasteiger partial charge in [-0.25, -0.2) is 4.79 Å². The minimum absolute atomic E-state index is 0.303. The molecule has 2 rings (SSSR count). The van der Waals surface area contributed by atoms with Crippen LogP contribution in [0.5, 0.6) is 0 Å². The molecule has 0 aliphatic carbocycles. The Morgan fingerprint density at radius 1 is 1.29 bits per heavy atom. The minimum atomic E-state index is -0.463. The fourth-order valence-corrected chi connectivity index (χ4v) is 1.98. The predicted octanol–water partition coefficient (Wildman–Crippen LogP) is 1.24. The first kappa shape index (κ1) is 8.96. The number of hydrogen-bond acceptors (Lipinski definition) is 3. The van der Waals surface area contributed by atoms with Crippen molar-refractivity contribution < 1.29 is 9.59 Å². The number of aryl methyl sites for hydroxylation is 1. The minimum Gasteiger partial charge on any atom is -0.303 e. The summed E-state index contributed by atoms with van der Waals surface area (Å²) in [5.41, 5.74) is 0.303. The summed E-state index contributed by atoms with van der Waals surface area (Å²) >= 11 is 1.57. The first-order chi connectivity index (χ1) is 6.65. The molecule has 72 valence electrons. The van der Waals surface area contributed by atoms with E-state index in [1.54, 1.807) is 17.4 Å². The predicted molar refractivity (Wildman–Crippen MR) is 53.7 cm³/mol. The highest BCUT2D eigenvalue weighted by molar-refractivity contribution is 7.12. The lowest BCUT2D eigenvalue weighted by molar-refractivity contribution is -0.115. The largest absolute Gasteiger partial charge is 0.326 e. The molecule has 1 aromatic heterocycles. The summed E-state index contributed by atoms with van der Waals surface area (Å²) in [5.74, 6) is -0.374. The molecule has 3 amide bonds. The maximum atomic E-state index is 11.1. The lowest BCUT2D eigenvalue weighted by atomic mass is 10.3. The zero-order valence-electron chi connectivity index (χ0n) is 7.46. The summed E-state index contributed by atoms with van der Waals surface area (Å²) in [7, 11) is 0. The van der Waals surface area contributed by atoms with Gasteiger partial charge in [0.05, 0.1) is 0 Å². The van der Waals surface area contributed by atoms with Crippen molar-refractivity contribution in [1.82, 2.24) is 10.6 Å². The number of nitrogens with one attached hydrogen (secondary N) is 2. The summed E-state index contributed by atoms with van der Waals surface area (Å²) in [6.07, 6.45) is 1.66. The Labute approximate surface area is 84.6 Å². The average Bonchev–Trinajstić information content (AvgIpc) is 2.61. The fourth-order valence-electron chi connectivity index (χ4n) is 1.16. The number of thiophene rings is 1. The van der Waals surface area contributed by atoms with Crippen LogP contribution in [-0.4, -0.2) is 11.9 Å². The van der Waals surface area contributed by atoms with E-state index in [4.69, 9.17) is 0 Å². The SMILES string of the molecule is Cc1ccc(C=C2NC(=O)NC2=O)s1. The quantitative estimate of drug-likeness (QED) is 0.539. The van der Waals surface area contributed by atoms with Crippen LogP contribution in [-0.2, 0) is 4.79 Å². The lowest BCUT2D eigenvalue weighted by Gasteiger charge is -1.90. The number of carbonyl (C=O) groups excluding carboxylic acids is 2. The van der Waals surface area contributed by atoms with Crippen LogP contribution >= 0.6 is 11.3 Å². The van der Waals surface area contributed by atoms with Crippen molar-refractivity contribution in [2.45, 2.75) is 6.92 Å². The van der Waals surface area contributed by atoms with E-state index in [2.05, 4.69) is 10.6 Å². The molecule has 1 fully saturated rings. The van der Waals surface area contributed by atoms with Crippen molar-refractivity contribution in [3.05, 3.63) is 27.6 Å². The zero-order valence-corrected chi connectivity index (χ0v) is 8.27. The Kier molecular flexibility index (Phi) is 2.09. The highest BCUT2D eigenvalue weighted by Crippen LogP contribution is 2.18. The molecule has 1 aliphatic rings. The number of carbonyl (C=O) groups is 2. The second kappa shape index (κ2) is 3.26. The molecule has 1 saturated heterocycles. The van der Waals surface area contributed by atoms with E-state index in [-0.39, 0.29) is 5.91 Å². The van der Waals surface area contributed by atoms with E-state index in [0.29, 0.717) is 5.70 Å². The maximum absolute atomic E-state index is 11.1. The molecule has 1 aliphatic heterocycles. The summed E-state index contributed by atoms with van der Waals surface area (Å²) in [6.45, 7) is 1.99. The molecule has 2 heterocycles. The van der Waals surface area contributed by atoms with Crippen molar-refractivity contribution in [2.75, 3.05) is 0 Å². The number of imide groups is 1. The monoisotopic (exact) mass is 208 g/mol. The van der Waals surface area contributed by atoms with Crippen LogP contribution in [0.4, 0.5) is 4.79 Å². The van der Waals surface area contributed by atoms with Gasteiger partial charge < -0.3 is 5.32 Å². The molecule has 0 radical (unpaired) electrons. The van der Waals surface area contributed by atoms with Crippen molar-refractivity contribution in [3.8, 4) is 0 Å². The van der Waals surface area contributed by atoms with Crippen molar-refractivity contribution >= 4 is 29.4 Å². The zero-order chi connectivity index (χ0) is 10.1. The van der Waals surface area contributed by atoms with Gasteiger partial charge in [-0.05, 0) is 25.1 Å². The second-order valence-corrected chi connectivity index (χ2v) is 4.23. The van der Waals surface area contributed by atoms with Crippen LogP contribution in [0, 0.1) is 6.92 Å². The van der Waals surface area contributed by atoms with Gasteiger partial charge in [0.15, 0.2) is 0 Å². The Hall–Kier alpha value is -1.62. The van der Waals surface area contributed by atoms with Gasteiger partial charge in [0.25, 0.3) is 5.91 Å². The summed E-state index contributed by atoms with van der Waals surface area (Å²) in [6, 6.07) is 3.41. The molecule has 1 aromatic rings. The summed E-state index contributed by atoms with van der Waals surface area (Å²) < 4.78 is 0. The molecule has 14 heavy (non-hydrogen) atoms. The third-order valence-electron chi connectivity index (χ3n) is 1.77. The number of rotatable bonds is 1. The third-order valence-corrected chi connectivity index (χ3v) is 2.72. The van der Waals surface area contributed by atoms with Crippen molar-refractivity contribution in [3.63, 3.8) is 0 Å². The third kappa shape index (κ3) is 1.67. The van der Waals surface area contributed by atoms with Gasteiger partial charge in [-0.1, -0.05) is 0 Å². The van der Waals surface area contributed by atoms with E-state index >= 15 is 0 Å². The van der Waals surface area contributed by atoms with E-state index < -0.39 is 6.03 Å². The van der Waals surface area contributed by atoms with Gasteiger partial charge in [0.1, 0.15) is 5.70 Å². The van der Waals surface area contributed by atoms with Crippen molar-refractivity contribution in [1.29, 1.82) is 0 Å². The Morgan fingerprint density at radius 3 is 2.57 bits per heavy atom. The molecule has 5 heteroatoms. The van der Waals surface area contributed by atoms with Crippen LogP contribution in [0.25, 0.3) is 6.08 Å². The van der Waals surface area contributed by atoms with Gasteiger partial charge in [0, 0.05) is 9.75 Å². The fraction of sp³-hybridized carbons (Fsp3) is 0.111. The van der Waals surface area contributed by atoms with Gasteiger partial charge in [-0.3, -0.25) is 10.1 Å². The van der Waals surface area contributed by atoms with E-state index in [0.717, 1.165) is 4.88 Å². The smallest absolute Gasteiger partial charge is 0.303 e. The van der Waals surface area contributed by atoms with Crippen LogP contribution in [0.1, 0.15) is 9.75 Å². The molecular formula is C9H8N2O2S. The summed E-state index contributed by atoms with van der Waals surface area (Å²) in [5, 5.41) is 4.57. The molecule has 0 bridgehead atoms. The highest BCUT2D eigenvalue weighted by atomic mass is 32.1. The second-order valence-electron chi connectivity index (χ2n) is 2.91. The number of urea groups is 1. The van der Waals surface area contributed by atoms with Gasteiger partial charge in [-0.15, -0.1) is 11.3 Å². The summed E-state index contributed by atoms with van der Waals surface area (Å²) in [4.78, 5) is 24.0. The molecule has 4 nitrogen and oxygen atoms in total. The molecular weight excluding hydrogens is 200 g/mol. The van der Waals surface area contributed by atoms with Gasteiger partial charge in [0.2, 0.25) is 0 Å². The molecule has 0 spiro atoms. The molecule has 0 atom stereocenters. The van der Waals surface area contributed by atoms with Gasteiger partial charge >= 0.3 is 6.03 Å². The van der Waals surface area contributed by atoms with Gasteiger partial charge in [-0.2, -0.15) is 0 Å². The molecule has 2 N–H and O–H groups in total. The van der Waals surface area contributed by atoms with Crippen LogP contribution in [0.3, 0.4) is 0 Å². The Morgan fingerprint density at radius 2 is 2.07 bits per heavy atom. The Balaban J connectivity index is 2.27. The maximum Gasteiger partial charge on any atom is 0.326 e. The lowest BCUT2D eigenvalue weighted by Crippen LogP contribution is -2.22. The standard InChI is InChI=1S/C9H8N2O2S/c1-5-2-3-6(14-5)4-7-8(12)11-9(13)10-7/h2-4H,1H3,(H2,10,11,12,13). The molecule has 0 saturated carbocycles. The average molecular weight is 208 g/mol. The first-order valence-corrected chi connectivity index (χ1v) is 4.87. The topological polar surface area (TPSA) is 58.2 Å². The van der Waals surface area contributed by atoms with Crippen LogP contribution in [0.15, 0.2) is 17.8 Å². The van der Waals surface area contributed by atoms with E-state index in [1.165, 1.54) is 4.88 Å². The van der Waals surface area contributed by atoms with E-state index in [9.17, 15) is 9.59 Å². The first-order valence-electron chi connectivity index (χ1n) is 4.05. The molecule has 0 unspecified atom stereocenters. The van der Waals surface area contributed by atoms with E-state index in [1.807, 2.05) is 19.1 Å². The van der Waals surface area contributed by atoms with Crippen LogP contribution < -0.4 is 10.6 Å². The van der Waals surface area contributed by atoms with Crippen molar-refractivity contribution in [2.24, 2.45) is 0 Å². The van der Waals surface area contributed by atoms with Crippen LogP contribution in [0.2, 0.25) is 0 Å². The highest BCUT2D eigenvalue weighted by Gasteiger charge is 2.22. The number of amides is 3. The molecule has 0 aromatic carbocycles. The Bertz CT molecular complexity index is 434. The normalized spacial score (nSPS) is 18.5.